The van der Waals surface area contributed by atoms with Crippen LogP contribution in [0.1, 0.15) is 16.7 Å². The maximum absolute atomic E-state index is 12.0. The van der Waals surface area contributed by atoms with Crippen LogP contribution in [0.4, 0.5) is 0 Å². The van der Waals surface area contributed by atoms with Crippen LogP contribution in [0.5, 0.6) is 17.2 Å². The van der Waals surface area contributed by atoms with Crippen molar-refractivity contribution in [2.75, 3.05) is 14.2 Å². The number of nitrogens with zero attached hydrogens (tertiary/aromatic N) is 1. The van der Waals surface area contributed by atoms with Crippen molar-refractivity contribution in [3.8, 4) is 17.2 Å². The normalized spacial score (nSPS) is 10.7. The van der Waals surface area contributed by atoms with Crippen molar-refractivity contribution in [3.05, 3.63) is 50.6 Å². The van der Waals surface area contributed by atoms with E-state index in [-0.39, 0.29) is 18.1 Å². The van der Waals surface area contributed by atoms with E-state index in [1.807, 2.05) is 13.0 Å². The number of ether oxygens (including phenoxy) is 2. The van der Waals surface area contributed by atoms with E-state index < -0.39 is 0 Å². The number of hydrazone groups is 1. The van der Waals surface area contributed by atoms with Gasteiger partial charge >= 0.3 is 0 Å². The van der Waals surface area contributed by atoms with Crippen LogP contribution in [0.25, 0.3) is 0 Å². The van der Waals surface area contributed by atoms with Gasteiger partial charge < -0.3 is 14.6 Å². The molecule has 0 saturated carbocycles. The van der Waals surface area contributed by atoms with E-state index >= 15 is 0 Å². The number of phenols is 1. The molecule has 2 aromatic carbocycles. The lowest BCUT2D eigenvalue weighted by Crippen LogP contribution is -2.19. The number of hydrogen-bond acceptors (Lipinski definition) is 5. The van der Waals surface area contributed by atoms with Gasteiger partial charge in [0.15, 0.2) is 11.5 Å². The maximum atomic E-state index is 12.0. The van der Waals surface area contributed by atoms with Crippen LogP contribution >= 0.6 is 22.6 Å². The Bertz CT molecular complexity index is 806. The minimum Gasteiger partial charge on any atom is -0.507 e. The molecule has 6 nitrogen and oxygen atoms in total. The Balaban J connectivity index is 2.01. The van der Waals surface area contributed by atoms with Crippen LogP contribution in [0.3, 0.4) is 0 Å². The lowest BCUT2D eigenvalue weighted by Gasteiger charge is -2.09. The van der Waals surface area contributed by atoms with Gasteiger partial charge in [-0.25, -0.2) is 5.43 Å². The number of aromatic hydroxyl groups is 1. The number of nitrogens with one attached hydrogen (secondary N) is 1. The quantitative estimate of drug-likeness (QED) is 0.400. The Morgan fingerprint density at radius 1 is 1.24 bits per heavy atom. The molecule has 7 heteroatoms. The first-order valence-corrected chi connectivity index (χ1v) is 8.54. The molecule has 132 valence electrons. The number of carbonyl (C=O) groups excluding carboxylic acids is 1. The summed E-state index contributed by atoms with van der Waals surface area (Å²) < 4.78 is 11.4. The van der Waals surface area contributed by atoms with Crippen LogP contribution in [-0.4, -0.2) is 31.4 Å². The predicted molar refractivity (Wildman–Crippen MR) is 105 cm³/mol. The lowest BCUT2D eigenvalue weighted by molar-refractivity contribution is -0.120. The summed E-state index contributed by atoms with van der Waals surface area (Å²) in [6, 6.07) is 8.93. The van der Waals surface area contributed by atoms with Gasteiger partial charge in [-0.15, -0.1) is 0 Å². The van der Waals surface area contributed by atoms with Crippen molar-refractivity contribution in [1.29, 1.82) is 0 Å². The molecular weight excluding hydrogens is 435 g/mol. The van der Waals surface area contributed by atoms with Gasteiger partial charge in [0, 0.05) is 9.13 Å². The van der Waals surface area contributed by atoms with Crippen LogP contribution in [0, 0.1) is 10.5 Å². The first-order valence-electron chi connectivity index (χ1n) is 7.46. The monoisotopic (exact) mass is 454 g/mol. The molecule has 0 saturated heterocycles. The third-order valence-corrected chi connectivity index (χ3v) is 4.12. The molecule has 2 aromatic rings. The van der Waals surface area contributed by atoms with Gasteiger partial charge in [0.1, 0.15) is 5.75 Å². The first-order chi connectivity index (χ1) is 11.9. The number of rotatable bonds is 6. The second-order valence-electron chi connectivity index (χ2n) is 5.32. The molecule has 0 radical (unpaired) electrons. The zero-order valence-corrected chi connectivity index (χ0v) is 16.3. The summed E-state index contributed by atoms with van der Waals surface area (Å²) in [6.45, 7) is 1.81. The summed E-state index contributed by atoms with van der Waals surface area (Å²) in [5.41, 5.74) is 4.54. The molecule has 0 aliphatic carbocycles. The van der Waals surface area contributed by atoms with Crippen molar-refractivity contribution in [3.63, 3.8) is 0 Å². The molecular formula is C18H19IN2O4. The molecule has 1 amide bonds. The van der Waals surface area contributed by atoms with E-state index in [1.165, 1.54) is 6.21 Å². The Kier molecular flexibility index (Phi) is 6.63. The summed E-state index contributed by atoms with van der Waals surface area (Å²) in [5, 5.41) is 13.9. The molecule has 0 fully saturated rings. The minimum absolute atomic E-state index is 0.148. The van der Waals surface area contributed by atoms with Crippen LogP contribution in [0.15, 0.2) is 35.4 Å². The Morgan fingerprint density at radius 3 is 2.64 bits per heavy atom. The molecule has 0 aromatic heterocycles. The van der Waals surface area contributed by atoms with Crippen LogP contribution in [-0.2, 0) is 11.2 Å². The molecule has 2 rings (SSSR count). The van der Waals surface area contributed by atoms with Crippen molar-refractivity contribution >= 4 is 34.7 Å². The molecule has 0 aliphatic heterocycles. The second kappa shape index (κ2) is 8.70. The van der Waals surface area contributed by atoms with Gasteiger partial charge in [-0.3, -0.25) is 4.79 Å². The molecule has 0 bridgehead atoms. The van der Waals surface area contributed by atoms with E-state index in [1.54, 1.807) is 38.5 Å². The van der Waals surface area contributed by atoms with Gasteiger partial charge in [0.25, 0.3) is 0 Å². The Hall–Kier alpha value is -2.29. The van der Waals surface area contributed by atoms with Crippen LogP contribution < -0.4 is 14.9 Å². The highest BCUT2D eigenvalue weighted by atomic mass is 127. The fraction of sp³-hybridized carbons (Fsp3) is 0.222. The number of methoxy groups -OCH3 is 2. The highest BCUT2D eigenvalue weighted by molar-refractivity contribution is 14.1. The Labute approximate surface area is 160 Å². The first kappa shape index (κ1) is 19.0. The zero-order valence-electron chi connectivity index (χ0n) is 14.2. The average Bonchev–Trinajstić information content (AvgIpc) is 2.58. The summed E-state index contributed by atoms with van der Waals surface area (Å²) in [6.07, 6.45) is 1.58. The van der Waals surface area contributed by atoms with E-state index in [2.05, 4.69) is 33.1 Å². The third kappa shape index (κ3) is 5.09. The minimum atomic E-state index is -0.273. The predicted octanol–water partition coefficient (Wildman–Crippen LogP) is 3.02. The number of hydrogen-bond donors (Lipinski definition) is 2. The van der Waals surface area contributed by atoms with E-state index in [9.17, 15) is 9.90 Å². The third-order valence-electron chi connectivity index (χ3n) is 3.50. The van der Waals surface area contributed by atoms with Crippen molar-refractivity contribution in [2.45, 2.75) is 13.3 Å². The number of benzene rings is 2. The number of halogens is 1. The van der Waals surface area contributed by atoms with Gasteiger partial charge in [0.2, 0.25) is 5.91 Å². The summed E-state index contributed by atoms with van der Waals surface area (Å²) >= 11 is 2.16. The molecule has 0 spiro atoms. The topological polar surface area (TPSA) is 80.2 Å². The number of aryl methyl sites for hydroxylation is 1. The summed E-state index contributed by atoms with van der Waals surface area (Å²) in [5.74, 6) is 1.05. The van der Waals surface area contributed by atoms with Crippen LogP contribution in [0.2, 0.25) is 0 Å². The van der Waals surface area contributed by atoms with Gasteiger partial charge in [-0.05, 0) is 64.9 Å². The molecule has 0 atom stereocenters. The van der Waals surface area contributed by atoms with E-state index in [4.69, 9.17) is 9.47 Å². The van der Waals surface area contributed by atoms with Gasteiger partial charge in [-0.1, -0.05) is 6.07 Å². The fourth-order valence-corrected chi connectivity index (χ4v) is 3.05. The van der Waals surface area contributed by atoms with E-state index in [0.717, 1.165) is 14.7 Å². The smallest absolute Gasteiger partial charge is 0.244 e. The Morgan fingerprint density at radius 2 is 1.96 bits per heavy atom. The SMILES string of the molecule is COc1ccc(CC(=O)N/N=C\c2cc(I)cc(C)c2O)cc1OC. The summed E-state index contributed by atoms with van der Waals surface area (Å²) in [4.78, 5) is 12.0. The van der Waals surface area contributed by atoms with Crippen molar-refractivity contribution < 1.29 is 19.4 Å². The van der Waals surface area contributed by atoms with Gasteiger partial charge in [0.05, 0.1) is 26.9 Å². The summed E-state index contributed by atoms with van der Waals surface area (Å²) in [7, 11) is 3.10. The van der Waals surface area contributed by atoms with Gasteiger partial charge in [-0.2, -0.15) is 5.10 Å². The maximum Gasteiger partial charge on any atom is 0.244 e. The standard InChI is InChI=1S/C18H19IN2O4/c1-11-6-14(19)9-13(18(11)23)10-20-21-17(22)8-12-4-5-15(24-2)16(7-12)25-3/h4-7,9-10,23H,8H2,1-3H3,(H,21,22)/b20-10-. The largest absolute Gasteiger partial charge is 0.507 e. The lowest BCUT2D eigenvalue weighted by atomic mass is 10.1. The number of phenolic OH excluding ortho intramolecular Hbond substituents is 1. The molecule has 0 heterocycles. The molecule has 2 N–H and O–H groups in total. The highest BCUT2D eigenvalue weighted by Gasteiger charge is 2.08. The van der Waals surface area contributed by atoms with Crippen molar-refractivity contribution in [2.24, 2.45) is 5.10 Å². The average molecular weight is 454 g/mol. The fourth-order valence-electron chi connectivity index (χ4n) is 2.25. The number of amides is 1. The zero-order chi connectivity index (χ0) is 18.4. The molecule has 25 heavy (non-hydrogen) atoms. The highest BCUT2D eigenvalue weighted by Crippen LogP contribution is 2.27. The number of carbonyl (C=O) groups is 1. The van der Waals surface area contributed by atoms with E-state index in [0.29, 0.717) is 17.1 Å². The molecule has 0 aliphatic rings. The van der Waals surface area contributed by atoms with Crippen molar-refractivity contribution in [1.82, 2.24) is 5.43 Å². The molecule has 0 unspecified atom stereocenters. The second-order valence-corrected chi connectivity index (χ2v) is 6.57.